The zero-order valence-corrected chi connectivity index (χ0v) is 15.2. The maximum absolute atomic E-state index is 12.0. The topological polar surface area (TPSA) is 109 Å². The second kappa shape index (κ2) is 7.51. The van der Waals surface area contributed by atoms with Crippen molar-refractivity contribution < 1.29 is 22.4 Å². The Morgan fingerprint density at radius 3 is 2.56 bits per heavy atom. The quantitative estimate of drug-likeness (QED) is 0.765. The van der Waals surface area contributed by atoms with Gasteiger partial charge in [0.05, 0.1) is 12.0 Å². The minimum atomic E-state index is -3.40. The predicted molar refractivity (Wildman–Crippen MR) is 99.5 cm³/mol. The second-order valence-corrected chi connectivity index (χ2v) is 7.62. The molecule has 1 aliphatic rings. The zero-order valence-electron chi connectivity index (χ0n) is 14.4. The van der Waals surface area contributed by atoms with Gasteiger partial charge in [-0.15, -0.1) is 0 Å². The van der Waals surface area contributed by atoms with E-state index < -0.39 is 16.0 Å². The molecule has 0 aliphatic carbocycles. The number of anilines is 1. The molecule has 1 aromatic carbocycles. The van der Waals surface area contributed by atoms with E-state index in [1.807, 2.05) is 6.07 Å². The number of sulfonamides is 1. The second-order valence-electron chi connectivity index (χ2n) is 5.77. The maximum atomic E-state index is 12.0. The van der Waals surface area contributed by atoms with Gasteiger partial charge < -0.3 is 9.15 Å². The molecule has 3 rings (SSSR count). The predicted octanol–water partition coefficient (Wildman–Crippen LogP) is 3.31. The van der Waals surface area contributed by atoms with E-state index in [2.05, 4.69) is 4.72 Å². The molecule has 8 heteroatoms. The van der Waals surface area contributed by atoms with E-state index in [1.165, 1.54) is 12.3 Å². The van der Waals surface area contributed by atoms with Crippen molar-refractivity contribution >= 4 is 33.3 Å². The van der Waals surface area contributed by atoms with Gasteiger partial charge in [0, 0.05) is 17.3 Å². The number of carbonyl (C=O) groups is 1. The van der Waals surface area contributed by atoms with Crippen molar-refractivity contribution in [3.05, 3.63) is 65.3 Å². The van der Waals surface area contributed by atoms with Crippen LogP contribution in [0, 0.1) is 11.3 Å². The number of hydrogen-bond donors (Lipinski definition) is 1. The van der Waals surface area contributed by atoms with Crippen LogP contribution in [-0.2, 0) is 19.6 Å². The van der Waals surface area contributed by atoms with E-state index in [4.69, 9.17) is 9.15 Å². The van der Waals surface area contributed by atoms with E-state index in [0.717, 1.165) is 0 Å². The SMILES string of the molecule is CCCS(=O)(=O)Nc1ccc(C2=C(C#N)C(=O)OC2=Cc2ccco2)cc1. The van der Waals surface area contributed by atoms with Crippen molar-refractivity contribution in [2.75, 3.05) is 10.5 Å². The third kappa shape index (κ3) is 4.10. The van der Waals surface area contributed by atoms with Crippen LogP contribution in [0.15, 0.2) is 58.4 Å². The van der Waals surface area contributed by atoms with Gasteiger partial charge in [0.25, 0.3) is 0 Å². The van der Waals surface area contributed by atoms with Crippen LogP contribution in [0.4, 0.5) is 5.69 Å². The highest BCUT2D eigenvalue weighted by Gasteiger charge is 2.31. The van der Waals surface area contributed by atoms with E-state index in [1.54, 1.807) is 43.3 Å². The molecule has 138 valence electrons. The molecule has 1 N–H and O–H groups in total. The number of esters is 1. The lowest BCUT2D eigenvalue weighted by Crippen LogP contribution is -2.15. The number of allylic oxidation sites excluding steroid dienone is 1. The van der Waals surface area contributed by atoms with Crippen LogP contribution in [-0.4, -0.2) is 20.1 Å². The summed E-state index contributed by atoms with van der Waals surface area (Å²) in [6.07, 6.45) is 3.51. The molecule has 0 spiro atoms. The summed E-state index contributed by atoms with van der Waals surface area (Å²) in [5.41, 5.74) is 1.16. The largest absolute Gasteiger partial charge is 0.465 e. The normalized spacial score (nSPS) is 15.7. The number of rotatable bonds is 6. The fourth-order valence-corrected chi connectivity index (χ4v) is 3.76. The smallest absolute Gasteiger partial charge is 0.355 e. The lowest BCUT2D eigenvalue weighted by atomic mass is 9.99. The van der Waals surface area contributed by atoms with Gasteiger partial charge in [-0.05, 0) is 36.2 Å². The van der Waals surface area contributed by atoms with Crippen LogP contribution in [0.2, 0.25) is 0 Å². The van der Waals surface area contributed by atoms with Crippen molar-refractivity contribution in [3.63, 3.8) is 0 Å². The van der Waals surface area contributed by atoms with Crippen LogP contribution < -0.4 is 4.72 Å². The summed E-state index contributed by atoms with van der Waals surface area (Å²) in [6, 6.07) is 11.6. The molecule has 7 nitrogen and oxygen atoms in total. The van der Waals surface area contributed by atoms with Gasteiger partial charge in [0.1, 0.15) is 23.2 Å². The van der Waals surface area contributed by atoms with Crippen LogP contribution in [0.1, 0.15) is 24.7 Å². The van der Waals surface area contributed by atoms with Gasteiger partial charge in [-0.2, -0.15) is 5.26 Å². The third-order valence-corrected chi connectivity index (χ3v) is 5.24. The summed E-state index contributed by atoms with van der Waals surface area (Å²) in [5.74, 6) is -0.0427. The first-order chi connectivity index (χ1) is 12.9. The molecule has 0 fully saturated rings. The highest BCUT2D eigenvalue weighted by molar-refractivity contribution is 7.92. The minimum absolute atomic E-state index is 0.0247. The molecule has 0 unspecified atom stereocenters. The summed E-state index contributed by atoms with van der Waals surface area (Å²) in [6.45, 7) is 1.78. The lowest BCUT2D eigenvalue weighted by molar-refractivity contribution is -0.132. The average Bonchev–Trinajstić information content (AvgIpc) is 3.23. The number of nitrogens with one attached hydrogen (secondary N) is 1. The van der Waals surface area contributed by atoms with Crippen LogP contribution in [0.5, 0.6) is 0 Å². The lowest BCUT2D eigenvalue weighted by Gasteiger charge is -2.09. The van der Waals surface area contributed by atoms with E-state index in [9.17, 15) is 18.5 Å². The molecule has 2 heterocycles. The monoisotopic (exact) mass is 384 g/mol. The number of carbonyl (C=O) groups excluding carboxylic acids is 1. The Balaban J connectivity index is 1.96. The molecular weight excluding hydrogens is 368 g/mol. The Labute approximate surface area is 156 Å². The molecule has 0 bridgehead atoms. The molecule has 0 saturated heterocycles. The molecule has 27 heavy (non-hydrogen) atoms. The molecule has 0 amide bonds. The molecule has 0 saturated carbocycles. The Morgan fingerprint density at radius 1 is 1.22 bits per heavy atom. The van der Waals surface area contributed by atoms with Gasteiger partial charge in [-0.25, -0.2) is 13.2 Å². The molecule has 0 radical (unpaired) electrons. The summed E-state index contributed by atoms with van der Waals surface area (Å²) < 4.78 is 36.6. The summed E-state index contributed by atoms with van der Waals surface area (Å²) >= 11 is 0. The Bertz CT molecular complexity index is 1060. The number of cyclic esters (lactones) is 1. The first-order valence-corrected chi connectivity index (χ1v) is 9.82. The number of nitrogens with zero attached hydrogens (tertiary/aromatic N) is 1. The fraction of sp³-hybridized carbons (Fsp3) is 0.158. The highest BCUT2D eigenvalue weighted by atomic mass is 32.2. The van der Waals surface area contributed by atoms with Gasteiger partial charge in [0.15, 0.2) is 0 Å². The Morgan fingerprint density at radius 2 is 1.96 bits per heavy atom. The number of nitriles is 1. The highest BCUT2D eigenvalue weighted by Crippen LogP contribution is 2.36. The van der Waals surface area contributed by atoms with Crippen LogP contribution in [0.3, 0.4) is 0 Å². The first kappa shape index (κ1) is 18.5. The molecule has 2 aromatic rings. The molecule has 1 aliphatic heterocycles. The summed E-state index contributed by atoms with van der Waals surface area (Å²) in [5, 5.41) is 9.33. The maximum Gasteiger partial charge on any atom is 0.355 e. The minimum Gasteiger partial charge on any atom is -0.465 e. The molecule has 1 aromatic heterocycles. The summed E-state index contributed by atoms with van der Waals surface area (Å²) in [7, 11) is -3.40. The van der Waals surface area contributed by atoms with Crippen molar-refractivity contribution in [2.24, 2.45) is 0 Å². The number of ether oxygens (including phenoxy) is 1. The number of hydrogen-bond acceptors (Lipinski definition) is 6. The van der Waals surface area contributed by atoms with Gasteiger partial charge in [-0.3, -0.25) is 4.72 Å². The number of benzene rings is 1. The first-order valence-electron chi connectivity index (χ1n) is 8.16. The fourth-order valence-electron chi connectivity index (χ4n) is 2.62. The van der Waals surface area contributed by atoms with Crippen molar-refractivity contribution in [1.82, 2.24) is 0 Å². The van der Waals surface area contributed by atoms with Crippen LogP contribution >= 0.6 is 0 Å². The van der Waals surface area contributed by atoms with Gasteiger partial charge in [0.2, 0.25) is 10.0 Å². The van der Waals surface area contributed by atoms with Gasteiger partial charge in [-0.1, -0.05) is 19.1 Å². The molecule has 0 atom stereocenters. The van der Waals surface area contributed by atoms with Crippen molar-refractivity contribution in [2.45, 2.75) is 13.3 Å². The number of furan rings is 1. The average molecular weight is 384 g/mol. The van der Waals surface area contributed by atoms with Crippen LogP contribution in [0.25, 0.3) is 11.6 Å². The standard InChI is InChI=1S/C19H16N2O5S/c1-2-10-27(23,24)21-14-7-5-13(6-8-14)18-16(12-20)19(22)26-17(18)11-15-4-3-9-25-15/h3-9,11,21H,2,10H2,1H3. The zero-order chi connectivity index (χ0) is 19.4. The van der Waals surface area contributed by atoms with E-state index in [-0.39, 0.29) is 17.1 Å². The van der Waals surface area contributed by atoms with E-state index in [0.29, 0.717) is 29.0 Å². The van der Waals surface area contributed by atoms with Crippen molar-refractivity contribution in [1.29, 1.82) is 5.26 Å². The third-order valence-electron chi connectivity index (χ3n) is 3.75. The van der Waals surface area contributed by atoms with E-state index >= 15 is 0 Å². The molecular formula is C19H16N2O5S. The summed E-state index contributed by atoms with van der Waals surface area (Å²) in [4.78, 5) is 12.0. The van der Waals surface area contributed by atoms with Gasteiger partial charge >= 0.3 is 5.97 Å². The van der Waals surface area contributed by atoms with Crippen molar-refractivity contribution in [3.8, 4) is 6.07 Å². The Kier molecular flexibility index (Phi) is 5.14. The Hall–Kier alpha value is -3.31.